The van der Waals surface area contributed by atoms with Gasteiger partial charge in [-0.1, -0.05) is 17.9 Å². The minimum absolute atomic E-state index is 0.313. The normalized spacial score (nSPS) is 9.33. The third-order valence-electron chi connectivity index (χ3n) is 2.70. The summed E-state index contributed by atoms with van der Waals surface area (Å²) in [6.07, 6.45) is 2.27. The van der Waals surface area contributed by atoms with Crippen LogP contribution in [-0.4, -0.2) is 10.9 Å². The van der Waals surface area contributed by atoms with Gasteiger partial charge < -0.3 is 4.74 Å². The Kier molecular flexibility index (Phi) is 5.64. The summed E-state index contributed by atoms with van der Waals surface area (Å²) in [7, 11) is 0. The Morgan fingerprint density at radius 2 is 2.00 bits per heavy atom. The number of hydrogen-bond acceptors (Lipinski definition) is 3. The van der Waals surface area contributed by atoms with Gasteiger partial charge in [-0.3, -0.25) is 0 Å². The van der Waals surface area contributed by atoms with Crippen molar-refractivity contribution in [2.75, 3.05) is 5.88 Å². The Balaban J connectivity index is 1.98. The molecule has 0 aliphatic carbocycles. The summed E-state index contributed by atoms with van der Waals surface area (Å²) in [6, 6.07) is 13.2. The second kappa shape index (κ2) is 7.94. The van der Waals surface area contributed by atoms with E-state index in [2.05, 4.69) is 16.8 Å². The predicted molar refractivity (Wildman–Crippen MR) is 81.9 cm³/mol. The third kappa shape index (κ3) is 4.53. The lowest BCUT2D eigenvalue weighted by Crippen LogP contribution is -1.99. The second-order valence-corrected chi connectivity index (χ2v) is 4.55. The van der Waals surface area contributed by atoms with Gasteiger partial charge in [0.1, 0.15) is 24.1 Å². The summed E-state index contributed by atoms with van der Waals surface area (Å²) >= 11 is 5.57. The van der Waals surface area contributed by atoms with E-state index in [0.717, 1.165) is 16.9 Å². The van der Waals surface area contributed by atoms with Crippen LogP contribution in [-0.2, 0) is 6.61 Å². The summed E-state index contributed by atoms with van der Waals surface area (Å²) in [5.74, 6) is 7.27. The Morgan fingerprint density at radius 3 is 2.71 bits per heavy atom. The van der Waals surface area contributed by atoms with Crippen molar-refractivity contribution in [2.45, 2.75) is 13.0 Å². The van der Waals surface area contributed by atoms with Gasteiger partial charge in [-0.05, 0) is 30.3 Å². The number of nitriles is 1. The molecule has 0 aliphatic rings. The molecule has 0 spiro atoms. The van der Waals surface area contributed by atoms with Crippen molar-refractivity contribution in [3.63, 3.8) is 0 Å². The molecule has 0 amide bonds. The quantitative estimate of drug-likeness (QED) is 0.640. The number of ether oxygens (including phenoxy) is 1. The Hall–Kier alpha value is -2.49. The van der Waals surface area contributed by atoms with E-state index in [1.165, 1.54) is 0 Å². The van der Waals surface area contributed by atoms with E-state index in [0.29, 0.717) is 24.6 Å². The topological polar surface area (TPSA) is 45.9 Å². The van der Waals surface area contributed by atoms with Gasteiger partial charge >= 0.3 is 0 Å². The molecule has 0 saturated heterocycles. The van der Waals surface area contributed by atoms with E-state index in [-0.39, 0.29) is 0 Å². The molecule has 0 fully saturated rings. The number of aromatic nitrogens is 1. The lowest BCUT2D eigenvalue weighted by atomic mass is 10.2. The first-order valence-electron chi connectivity index (χ1n) is 6.45. The Morgan fingerprint density at radius 1 is 1.19 bits per heavy atom. The number of nitrogens with zero attached hydrogens (tertiary/aromatic N) is 2. The average molecular weight is 297 g/mol. The molecule has 104 valence electrons. The Labute approximate surface area is 129 Å². The molecule has 0 unspecified atom stereocenters. The van der Waals surface area contributed by atoms with Crippen LogP contribution in [0, 0.1) is 23.2 Å². The van der Waals surface area contributed by atoms with Crippen LogP contribution in [0.3, 0.4) is 0 Å². The van der Waals surface area contributed by atoms with Crippen LogP contribution in [0.25, 0.3) is 0 Å². The molecule has 1 heterocycles. The molecule has 0 atom stereocenters. The fourth-order valence-electron chi connectivity index (χ4n) is 1.66. The highest BCUT2D eigenvalue weighted by Gasteiger charge is 2.03. The van der Waals surface area contributed by atoms with Crippen molar-refractivity contribution >= 4 is 11.6 Å². The predicted octanol–water partition coefficient (Wildman–Crippen LogP) is 3.51. The SMILES string of the molecule is N#Cc1ncccc1COc1ccc(C#CCCCl)cc1. The van der Waals surface area contributed by atoms with Crippen molar-refractivity contribution < 1.29 is 4.74 Å². The average Bonchev–Trinajstić information content (AvgIpc) is 2.54. The summed E-state index contributed by atoms with van der Waals surface area (Å²) < 4.78 is 5.65. The van der Waals surface area contributed by atoms with Crippen LogP contribution in [0.5, 0.6) is 5.75 Å². The maximum absolute atomic E-state index is 8.96. The molecule has 0 saturated carbocycles. The molecule has 0 N–H and O–H groups in total. The lowest BCUT2D eigenvalue weighted by Gasteiger charge is -2.07. The van der Waals surface area contributed by atoms with Gasteiger partial charge in [0.05, 0.1) is 0 Å². The van der Waals surface area contributed by atoms with E-state index in [1.54, 1.807) is 12.3 Å². The number of alkyl halides is 1. The monoisotopic (exact) mass is 296 g/mol. The number of halogens is 1. The van der Waals surface area contributed by atoms with E-state index in [1.807, 2.05) is 36.4 Å². The van der Waals surface area contributed by atoms with Gasteiger partial charge in [0.15, 0.2) is 0 Å². The first-order chi connectivity index (χ1) is 10.3. The molecule has 3 nitrogen and oxygen atoms in total. The Bertz CT molecular complexity index is 693. The van der Waals surface area contributed by atoms with Gasteiger partial charge in [-0.2, -0.15) is 5.26 Å². The molecule has 1 aromatic carbocycles. The zero-order valence-corrected chi connectivity index (χ0v) is 12.1. The van der Waals surface area contributed by atoms with E-state index < -0.39 is 0 Å². The van der Waals surface area contributed by atoms with Crippen LogP contribution >= 0.6 is 11.6 Å². The molecule has 4 heteroatoms. The molecule has 2 rings (SSSR count). The van der Waals surface area contributed by atoms with Crippen molar-refractivity contribution in [3.05, 3.63) is 59.4 Å². The fraction of sp³-hybridized carbons (Fsp3) is 0.176. The van der Waals surface area contributed by atoms with Crippen LogP contribution in [0.15, 0.2) is 42.6 Å². The number of pyridine rings is 1. The zero-order chi connectivity index (χ0) is 14.9. The van der Waals surface area contributed by atoms with Crippen LogP contribution in [0.1, 0.15) is 23.2 Å². The van der Waals surface area contributed by atoms with Gasteiger partial charge in [-0.15, -0.1) is 11.6 Å². The van der Waals surface area contributed by atoms with Crippen LogP contribution < -0.4 is 4.74 Å². The van der Waals surface area contributed by atoms with Crippen LogP contribution in [0.4, 0.5) is 0 Å². The first-order valence-corrected chi connectivity index (χ1v) is 6.98. The maximum Gasteiger partial charge on any atom is 0.147 e. The van der Waals surface area contributed by atoms with E-state index in [4.69, 9.17) is 21.6 Å². The van der Waals surface area contributed by atoms with Crippen molar-refractivity contribution in [1.29, 1.82) is 5.26 Å². The number of hydrogen-bond donors (Lipinski definition) is 0. The van der Waals surface area contributed by atoms with Gasteiger partial charge in [-0.25, -0.2) is 4.98 Å². The third-order valence-corrected chi connectivity index (χ3v) is 2.89. The van der Waals surface area contributed by atoms with Crippen LogP contribution in [0.2, 0.25) is 0 Å². The number of rotatable bonds is 4. The standard InChI is InChI=1S/C17H13ClN2O/c18-10-2-1-4-14-6-8-16(9-7-14)21-13-15-5-3-11-20-17(15)12-19/h3,5-9,11H,2,10,13H2. The largest absolute Gasteiger partial charge is 0.489 e. The maximum atomic E-state index is 8.96. The van der Waals surface area contributed by atoms with Crippen molar-refractivity contribution in [2.24, 2.45) is 0 Å². The van der Waals surface area contributed by atoms with Gasteiger partial charge in [0.2, 0.25) is 0 Å². The van der Waals surface area contributed by atoms with E-state index >= 15 is 0 Å². The fourth-order valence-corrected chi connectivity index (χ4v) is 1.76. The van der Waals surface area contributed by atoms with Crippen molar-refractivity contribution in [1.82, 2.24) is 4.98 Å². The molecule has 2 aromatic rings. The summed E-state index contributed by atoms with van der Waals surface area (Å²) in [5.41, 5.74) is 2.08. The molecular weight excluding hydrogens is 284 g/mol. The molecule has 0 radical (unpaired) electrons. The minimum Gasteiger partial charge on any atom is -0.489 e. The summed E-state index contributed by atoms with van der Waals surface area (Å²) in [4.78, 5) is 4.00. The van der Waals surface area contributed by atoms with E-state index in [9.17, 15) is 0 Å². The lowest BCUT2D eigenvalue weighted by molar-refractivity contribution is 0.305. The number of benzene rings is 1. The van der Waals surface area contributed by atoms with Gasteiger partial charge in [0, 0.05) is 29.6 Å². The smallest absolute Gasteiger partial charge is 0.147 e. The highest BCUT2D eigenvalue weighted by atomic mass is 35.5. The minimum atomic E-state index is 0.313. The molecular formula is C17H13ClN2O. The first kappa shape index (κ1) is 14.9. The molecule has 0 aliphatic heterocycles. The molecule has 0 bridgehead atoms. The summed E-state index contributed by atoms with van der Waals surface area (Å²) in [6.45, 7) is 0.313. The summed E-state index contributed by atoms with van der Waals surface area (Å²) in [5, 5.41) is 8.96. The highest BCUT2D eigenvalue weighted by Crippen LogP contribution is 2.14. The zero-order valence-electron chi connectivity index (χ0n) is 11.3. The molecule has 1 aromatic heterocycles. The van der Waals surface area contributed by atoms with Crippen molar-refractivity contribution in [3.8, 4) is 23.7 Å². The van der Waals surface area contributed by atoms with Gasteiger partial charge in [0.25, 0.3) is 0 Å². The second-order valence-electron chi connectivity index (χ2n) is 4.18. The highest BCUT2D eigenvalue weighted by molar-refractivity contribution is 6.18. The molecule has 21 heavy (non-hydrogen) atoms.